The van der Waals surface area contributed by atoms with Gasteiger partial charge in [0.15, 0.2) is 5.79 Å². The van der Waals surface area contributed by atoms with Gasteiger partial charge in [0, 0.05) is 90.2 Å². The zero-order valence-electron chi connectivity index (χ0n) is 64.5. The van der Waals surface area contributed by atoms with Crippen LogP contribution in [0.4, 0.5) is 15.3 Å². The van der Waals surface area contributed by atoms with Gasteiger partial charge < -0.3 is 95.8 Å². The highest BCUT2D eigenvalue weighted by Crippen LogP contribution is 2.50. The van der Waals surface area contributed by atoms with Crippen LogP contribution >= 0.6 is 21.6 Å². The molecule has 614 valence electrons. The summed E-state index contributed by atoms with van der Waals surface area (Å²) in [5.74, 6) is -2.90. The van der Waals surface area contributed by atoms with Crippen molar-refractivity contribution in [2.24, 2.45) is 11.8 Å². The van der Waals surface area contributed by atoms with Crippen molar-refractivity contribution in [3.05, 3.63) is 66.0 Å². The minimum Gasteiger partial charge on any atom is -0.448 e. The molecule has 4 amide bonds. The Balaban J connectivity index is 0.595. The summed E-state index contributed by atoms with van der Waals surface area (Å²) in [7, 11) is 6.53. The molecule has 31 nitrogen and oxygen atoms in total. The van der Waals surface area contributed by atoms with E-state index in [1.165, 1.54) is 4.90 Å². The molecule has 9 fully saturated rings. The molecule has 9 saturated heterocycles. The van der Waals surface area contributed by atoms with Crippen molar-refractivity contribution in [3.63, 3.8) is 0 Å². The number of anilines is 1. The number of nitrogens with one attached hydrogen (secondary N) is 1. The number of fused-ring (bicyclic) bond motifs is 9. The van der Waals surface area contributed by atoms with E-state index in [9.17, 15) is 33.9 Å². The third kappa shape index (κ3) is 24.4. The number of benzene rings is 1. The number of aromatic nitrogens is 3. The van der Waals surface area contributed by atoms with Gasteiger partial charge in [-0.2, -0.15) is 0 Å². The van der Waals surface area contributed by atoms with Crippen molar-refractivity contribution in [1.82, 2.24) is 25.4 Å². The van der Waals surface area contributed by atoms with E-state index >= 15 is 0 Å². The van der Waals surface area contributed by atoms with E-state index in [1.54, 1.807) is 71.0 Å². The molecule has 1 spiro atoms. The quantitative estimate of drug-likeness (QED) is 0.0283. The molecule has 2 N–H and O–H groups in total. The van der Waals surface area contributed by atoms with Crippen molar-refractivity contribution >= 4 is 63.0 Å². The van der Waals surface area contributed by atoms with Gasteiger partial charge in [-0.25, -0.2) is 19.1 Å². The molecule has 1 aromatic heterocycles. The summed E-state index contributed by atoms with van der Waals surface area (Å²) < 4.78 is 107. The Morgan fingerprint density at radius 1 is 0.727 bits per heavy atom. The molecule has 0 saturated carbocycles. The second kappa shape index (κ2) is 41.8. The van der Waals surface area contributed by atoms with Crippen LogP contribution in [0.1, 0.15) is 141 Å². The lowest BCUT2D eigenvalue weighted by Crippen LogP contribution is -2.58. The first kappa shape index (κ1) is 85.6. The van der Waals surface area contributed by atoms with Gasteiger partial charge in [-0.05, 0) is 99.8 Å². The van der Waals surface area contributed by atoms with Gasteiger partial charge in [0.2, 0.25) is 0 Å². The minimum absolute atomic E-state index is 0.0187. The standard InChI is InChI=1S/C77H114N6O25S2/c1-48-35-56-13-15-60-49(2)36-58(101-60)19-21-77-42-67(91-6)73(107-77)65-41-66(106-77)72-61(104-65)16-14-57(103-72)37-54(84)38-59-63(40-62(102-56)50(48)3)105-64(71(59)92-7)39-55(85)43-78-74(89)99-45-51-9-11-53(12-10-51)82(75(90)100-47-76(4,5)110-109-8)23-26-95-29-32-96-31-28-94-25-22-81-44-52(79-80-81)46-98-34-33-97-30-27-93-24-20-70(88)108-83-68(86)17-18-69(83)87/h9-12,44,48,55-67,71-73,85H,2-3,13-43,45-47H2,1,4-8H3,(H,78,89)/t48-,55+,56+,57-,58+,59+,60+,61+,62-,63+,64-,65?,66-,67-,71-,72+,73-,77-/m1/s1. The van der Waals surface area contributed by atoms with Crippen LogP contribution in [0.3, 0.4) is 0 Å². The maximum absolute atomic E-state index is 14.6. The first-order valence-corrected chi connectivity index (χ1v) is 41.5. The summed E-state index contributed by atoms with van der Waals surface area (Å²) in [5, 5.41) is 23.1. The van der Waals surface area contributed by atoms with Crippen molar-refractivity contribution in [3.8, 4) is 0 Å². The molecule has 33 heteroatoms. The number of methoxy groups -OCH3 is 2. The molecule has 110 heavy (non-hydrogen) atoms. The first-order valence-electron chi connectivity index (χ1n) is 39.0. The molecule has 9 aliphatic rings. The SMILES string of the molecule is C=C1C[C@@H]2CC[C@]34C[C@@H](OC)[C@H](O3)C3C[C@@H](O4)[C@H]4O[C@H](CC[C@@H]4O3)CC(=O)C[C@@H]3[C@@H](OC)[C@@H](C[C@H](O)CNC(=O)OCc4ccc(N(CCOCCOCCOCCn5cc(COCCOCCOCCC(=O)ON6C(=O)CCC6=O)nn5)C(=O)OCC(C)(C)SSC)cc4)O[C@H]3C[C@H]3O[C@@H](CC[C@@H]1O2)C[C@@H](C)C3=C. The molecule has 1 aromatic carbocycles. The van der Waals surface area contributed by atoms with Crippen LogP contribution in [0, 0.1) is 11.8 Å². The number of rotatable bonds is 37. The molecule has 10 bridgehead atoms. The lowest BCUT2D eigenvalue weighted by molar-refractivity contribution is -0.277. The van der Waals surface area contributed by atoms with Gasteiger partial charge >= 0.3 is 18.2 Å². The number of carbonyl (C=O) groups excluding carboxylic acids is 6. The Morgan fingerprint density at radius 2 is 1.43 bits per heavy atom. The number of hydrogen-bond acceptors (Lipinski definition) is 29. The van der Waals surface area contributed by atoms with E-state index in [0.717, 1.165) is 43.3 Å². The zero-order valence-corrected chi connectivity index (χ0v) is 66.1. The maximum Gasteiger partial charge on any atom is 0.414 e. The second-order valence-corrected chi connectivity index (χ2v) is 33.5. The largest absolute Gasteiger partial charge is 0.448 e. The number of imide groups is 1. The predicted octanol–water partition coefficient (Wildman–Crippen LogP) is 7.66. The lowest BCUT2D eigenvalue weighted by atomic mass is 9.81. The summed E-state index contributed by atoms with van der Waals surface area (Å²) in [6.45, 7) is 19.0. The number of alkyl carbamates (subject to hydrolysis) is 1. The smallest absolute Gasteiger partial charge is 0.414 e. The number of hydrogen-bond donors (Lipinski definition) is 2. The summed E-state index contributed by atoms with van der Waals surface area (Å²) in [6, 6.07) is 7.01. The van der Waals surface area contributed by atoms with Crippen molar-refractivity contribution in [2.45, 2.75) is 252 Å². The van der Waals surface area contributed by atoms with Crippen LogP contribution in [0.15, 0.2) is 54.8 Å². The summed E-state index contributed by atoms with van der Waals surface area (Å²) in [4.78, 5) is 82.9. The Bertz CT molecular complexity index is 3320. The molecule has 9 aliphatic heterocycles. The average Bonchev–Trinajstić information content (AvgIpc) is 1.58. The molecule has 0 radical (unpaired) electrons. The Labute approximate surface area is 652 Å². The summed E-state index contributed by atoms with van der Waals surface area (Å²) in [5.41, 5.74) is 3.90. The van der Waals surface area contributed by atoms with Crippen LogP contribution < -0.4 is 10.2 Å². The van der Waals surface area contributed by atoms with Crippen LogP contribution in [0.25, 0.3) is 0 Å². The van der Waals surface area contributed by atoms with Crippen LogP contribution in [-0.2, 0) is 124 Å². The molecular weight excluding hydrogens is 1470 g/mol. The van der Waals surface area contributed by atoms with Crippen LogP contribution in [0.5, 0.6) is 0 Å². The van der Waals surface area contributed by atoms with Gasteiger partial charge in [0.1, 0.15) is 36.9 Å². The predicted molar refractivity (Wildman–Crippen MR) is 398 cm³/mol. The van der Waals surface area contributed by atoms with Crippen molar-refractivity contribution in [1.29, 1.82) is 0 Å². The molecule has 11 rings (SSSR count). The van der Waals surface area contributed by atoms with E-state index in [1.807, 2.05) is 20.1 Å². The highest BCUT2D eigenvalue weighted by atomic mass is 33.1. The number of hydroxylamine groups is 2. The Morgan fingerprint density at radius 3 is 2.16 bits per heavy atom. The van der Waals surface area contributed by atoms with E-state index in [2.05, 4.69) is 35.7 Å². The van der Waals surface area contributed by atoms with Gasteiger partial charge in [-0.3, -0.25) is 19.3 Å². The van der Waals surface area contributed by atoms with Crippen LogP contribution in [0.2, 0.25) is 0 Å². The summed E-state index contributed by atoms with van der Waals surface area (Å²) in [6.07, 6.45) is 5.01. The number of amides is 4. The molecule has 0 aliphatic carbocycles. The Hall–Kier alpha value is -5.28. The fraction of sp³-hybridized carbons (Fsp3) is 0.766. The van der Waals surface area contributed by atoms with Crippen molar-refractivity contribution in [2.75, 3.05) is 118 Å². The maximum atomic E-state index is 14.6. The van der Waals surface area contributed by atoms with E-state index in [0.29, 0.717) is 107 Å². The average molecular weight is 1590 g/mol. The fourth-order valence-electron chi connectivity index (χ4n) is 16.0. The first-order chi connectivity index (χ1) is 53.1. The second-order valence-electron chi connectivity index (χ2n) is 30.4. The van der Waals surface area contributed by atoms with E-state index in [-0.39, 0.29) is 188 Å². The Kier molecular flexibility index (Phi) is 32.6. The van der Waals surface area contributed by atoms with Crippen molar-refractivity contribution < 1.29 is 119 Å². The normalized spacial score (nSPS) is 30.8. The number of ketones is 1. The topological polar surface area (TPSA) is 338 Å². The number of carbonyl (C=O) groups is 6. The third-order valence-corrected chi connectivity index (χ3v) is 24.3. The summed E-state index contributed by atoms with van der Waals surface area (Å²) >= 11 is 0. The van der Waals surface area contributed by atoms with E-state index in [4.69, 9.17) is 85.4 Å². The molecule has 1 unspecified atom stereocenters. The fourth-order valence-corrected chi connectivity index (χ4v) is 18.1. The van der Waals surface area contributed by atoms with Gasteiger partial charge in [0.05, 0.1) is 189 Å². The highest BCUT2D eigenvalue weighted by Gasteiger charge is 2.60. The number of aliphatic hydroxyl groups is 1. The minimum atomic E-state index is -1.07. The third-order valence-electron chi connectivity index (χ3n) is 21.7. The lowest BCUT2D eigenvalue weighted by Gasteiger charge is -2.47. The van der Waals surface area contributed by atoms with Gasteiger partial charge in [0.25, 0.3) is 11.8 Å². The monoisotopic (exact) mass is 1590 g/mol. The number of aliphatic hydroxyl groups excluding tert-OH is 1. The van der Waals surface area contributed by atoms with E-state index < -0.39 is 66.1 Å². The molecule has 10 heterocycles. The molecule has 2 aromatic rings. The number of nitrogens with zero attached hydrogens (tertiary/aromatic N) is 5. The molecular formula is C77H114N6O25S2. The number of ether oxygens (including phenoxy) is 17. The molecule has 18 atom stereocenters. The van der Waals surface area contributed by atoms with Gasteiger partial charge in [-0.15, -0.1) is 10.2 Å². The highest BCUT2D eigenvalue weighted by molar-refractivity contribution is 8.77. The number of Topliss-reactive ketones (excluding diaryl/α,β-unsaturated/α-hetero) is 1. The van der Waals surface area contributed by atoms with Gasteiger partial charge in [-0.1, -0.05) is 59.0 Å². The zero-order chi connectivity index (χ0) is 77.7. The van der Waals surface area contributed by atoms with Crippen LogP contribution in [-0.4, -0.2) is 276 Å².